The number of carbonyl (C=O) groups is 2. The molecule has 9 heteroatoms. The first kappa shape index (κ1) is 26.2. The van der Waals surface area contributed by atoms with Crippen molar-refractivity contribution in [1.29, 1.82) is 5.26 Å². The Kier molecular flexibility index (Phi) is 6.87. The third-order valence-corrected chi connectivity index (χ3v) is 9.21. The second-order valence-electron chi connectivity index (χ2n) is 11.4. The van der Waals surface area contributed by atoms with Crippen molar-refractivity contribution in [2.24, 2.45) is 24.8 Å². The first-order valence-corrected chi connectivity index (χ1v) is 14.1. The number of hydrogen-bond acceptors (Lipinski definition) is 6. The third-order valence-electron chi connectivity index (χ3n) is 9.21. The van der Waals surface area contributed by atoms with Gasteiger partial charge >= 0.3 is 0 Å². The van der Waals surface area contributed by atoms with Crippen molar-refractivity contribution in [2.45, 2.75) is 44.4 Å². The van der Waals surface area contributed by atoms with Crippen LogP contribution in [0.4, 0.5) is 5.69 Å². The number of aryl methyl sites for hydroxylation is 1. The van der Waals surface area contributed by atoms with Crippen molar-refractivity contribution in [3.63, 3.8) is 0 Å². The van der Waals surface area contributed by atoms with Crippen LogP contribution in [0.1, 0.15) is 65.9 Å². The lowest BCUT2D eigenvalue weighted by Gasteiger charge is -2.39. The van der Waals surface area contributed by atoms with E-state index in [1.54, 1.807) is 25.4 Å². The van der Waals surface area contributed by atoms with Gasteiger partial charge < -0.3 is 24.3 Å². The summed E-state index contributed by atoms with van der Waals surface area (Å²) in [7, 11) is 5.08. The predicted octanol–water partition coefficient (Wildman–Crippen LogP) is 4.86. The molecule has 2 aromatic heterocycles. The van der Waals surface area contributed by atoms with Crippen LogP contribution in [-0.4, -0.2) is 53.6 Å². The van der Waals surface area contributed by atoms with E-state index in [1.807, 2.05) is 11.6 Å². The van der Waals surface area contributed by atoms with Gasteiger partial charge in [0.2, 0.25) is 5.91 Å². The number of aromatic nitrogens is 2. The van der Waals surface area contributed by atoms with Gasteiger partial charge in [-0.1, -0.05) is 12.8 Å². The Morgan fingerprint density at radius 2 is 1.80 bits per heavy atom. The number of piperidine rings is 1. The highest BCUT2D eigenvalue weighted by Gasteiger charge is 2.46. The zero-order chi connectivity index (χ0) is 28.0. The number of ether oxygens (including phenoxy) is 2. The number of nitrogens with one attached hydrogen (secondary N) is 1. The molecule has 2 aliphatic carbocycles. The topological polar surface area (TPSA) is 109 Å². The van der Waals surface area contributed by atoms with E-state index < -0.39 is 0 Å². The van der Waals surface area contributed by atoms with Gasteiger partial charge in [-0.15, -0.1) is 0 Å². The maximum Gasteiger partial charge on any atom is 0.255 e. The SMILES string of the molecule is COc1ccc(C(=O)Nc2cnc3c(c(C4C5CC[C@H]4CN(C(=O)C4CCCC4)C5)cn3C)c2OC)cc1C#N. The molecule has 3 aromatic rings. The van der Waals surface area contributed by atoms with Crippen LogP contribution in [0.25, 0.3) is 11.0 Å². The standard InChI is InChI=1S/C31H35N5O4/c1-35-17-23(26-20-8-9-21(26)16-36(15-20)31(38)18-6-4-5-7-18)27-28(40-3)24(14-33-29(27)35)34-30(37)19-10-11-25(39-2)22(12-19)13-32/h10-12,14,17-18,20-21,26H,4-9,15-16H2,1-3H3,(H,34,37)/t20-,21?,26?/m0/s1. The highest BCUT2D eigenvalue weighted by atomic mass is 16.5. The lowest BCUT2D eigenvalue weighted by atomic mass is 9.79. The quantitative estimate of drug-likeness (QED) is 0.478. The van der Waals surface area contributed by atoms with Gasteiger partial charge in [-0.05, 0) is 67.2 Å². The van der Waals surface area contributed by atoms with Gasteiger partial charge in [-0.25, -0.2) is 4.98 Å². The van der Waals surface area contributed by atoms with E-state index in [0.717, 1.165) is 49.8 Å². The Bertz CT molecular complexity index is 1500. The molecule has 2 saturated carbocycles. The molecule has 2 unspecified atom stereocenters. The largest absolute Gasteiger partial charge is 0.495 e. The minimum Gasteiger partial charge on any atom is -0.495 e. The van der Waals surface area contributed by atoms with Crippen LogP contribution in [0.3, 0.4) is 0 Å². The van der Waals surface area contributed by atoms with E-state index >= 15 is 0 Å². The fraction of sp³-hybridized carbons (Fsp3) is 0.484. The summed E-state index contributed by atoms with van der Waals surface area (Å²) in [5.41, 5.74) is 3.07. The zero-order valence-electron chi connectivity index (χ0n) is 23.3. The molecule has 3 aliphatic rings. The van der Waals surface area contributed by atoms with Crippen molar-refractivity contribution in [2.75, 3.05) is 32.6 Å². The van der Waals surface area contributed by atoms with Crippen LogP contribution in [0.2, 0.25) is 0 Å². The molecule has 1 N–H and O–H groups in total. The number of anilines is 1. The van der Waals surface area contributed by atoms with Gasteiger partial charge in [0.25, 0.3) is 5.91 Å². The molecular weight excluding hydrogens is 506 g/mol. The highest BCUT2D eigenvalue weighted by Crippen LogP contribution is 2.52. The van der Waals surface area contributed by atoms with Gasteiger partial charge in [0.05, 0.1) is 31.4 Å². The van der Waals surface area contributed by atoms with Gasteiger partial charge in [-0.2, -0.15) is 5.26 Å². The Morgan fingerprint density at radius 1 is 1.07 bits per heavy atom. The molecule has 1 aliphatic heterocycles. The molecule has 9 nitrogen and oxygen atoms in total. The summed E-state index contributed by atoms with van der Waals surface area (Å²) >= 11 is 0. The zero-order valence-corrected chi connectivity index (χ0v) is 23.3. The molecule has 0 spiro atoms. The highest BCUT2D eigenvalue weighted by molar-refractivity contribution is 6.07. The van der Waals surface area contributed by atoms with Crippen LogP contribution < -0.4 is 14.8 Å². The van der Waals surface area contributed by atoms with E-state index in [0.29, 0.717) is 46.4 Å². The Hall–Kier alpha value is -4.06. The Morgan fingerprint density at radius 3 is 2.45 bits per heavy atom. The monoisotopic (exact) mass is 541 g/mol. The lowest BCUT2D eigenvalue weighted by Crippen LogP contribution is -2.46. The number of benzene rings is 1. The van der Waals surface area contributed by atoms with Gasteiger partial charge in [0, 0.05) is 37.8 Å². The normalized spacial score (nSPS) is 22.4. The van der Waals surface area contributed by atoms with E-state index in [4.69, 9.17) is 14.5 Å². The molecule has 1 saturated heterocycles. The second kappa shape index (κ2) is 10.5. The number of amides is 2. The summed E-state index contributed by atoms with van der Waals surface area (Å²) in [4.78, 5) is 33.3. The van der Waals surface area contributed by atoms with Crippen LogP contribution >= 0.6 is 0 Å². The molecule has 0 radical (unpaired) electrons. The number of pyridine rings is 1. The molecule has 3 heterocycles. The Balaban J connectivity index is 1.31. The maximum absolute atomic E-state index is 13.2. The van der Waals surface area contributed by atoms with E-state index in [2.05, 4.69) is 22.5 Å². The van der Waals surface area contributed by atoms with E-state index in [9.17, 15) is 14.9 Å². The molecule has 40 heavy (non-hydrogen) atoms. The van der Waals surface area contributed by atoms with Crippen molar-refractivity contribution in [3.05, 3.63) is 47.3 Å². The molecule has 2 bridgehead atoms. The van der Waals surface area contributed by atoms with Crippen LogP contribution in [0, 0.1) is 29.1 Å². The van der Waals surface area contributed by atoms with Crippen LogP contribution in [0.15, 0.2) is 30.6 Å². The Labute approximate surface area is 234 Å². The summed E-state index contributed by atoms with van der Waals surface area (Å²) in [5, 5.41) is 13.3. The molecule has 2 amide bonds. The fourth-order valence-electron chi connectivity index (χ4n) is 7.37. The number of fused-ring (bicyclic) bond motifs is 3. The predicted molar refractivity (Wildman–Crippen MR) is 150 cm³/mol. The second-order valence-corrected chi connectivity index (χ2v) is 11.4. The van der Waals surface area contributed by atoms with E-state index in [1.165, 1.54) is 31.6 Å². The van der Waals surface area contributed by atoms with Crippen molar-refractivity contribution < 1.29 is 19.1 Å². The fourth-order valence-corrected chi connectivity index (χ4v) is 7.37. The smallest absolute Gasteiger partial charge is 0.255 e. The number of hydrogen-bond donors (Lipinski definition) is 1. The number of nitrogens with zero attached hydrogens (tertiary/aromatic N) is 4. The molecule has 3 atom stereocenters. The third kappa shape index (κ3) is 4.36. The summed E-state index contributed by atoms with van der Waals surface area (Å²) in [6, 6.07) is 6.82. The molecule has 208 valence electrons. The number of rotatable bonds is 6. The number of methoxy groups -OCH3 is 2. The first-order chi connectivity index (χ1) is 19.4. The van der Waals surface area contributed by atoms with E-state index in [-0.39, 0.29) is 17.4 Å². The minimum atomic E-state index is -0.366. The first-order valence-electron chi connectivity index (χ1n) is 14.1. The van der Waals surface area contributed by atoms with Crippen molar-refractivity contribution in [3.8, 4) is 17.6 Å². The molecule has 6 rings (SSSR count). The van der Waals surface area contributed by atoms with Crippen molar-refractivity contribution in [1.82, 2.24) is 14.5 Å². The van der Waals surface area contributed by atoms with Gasteiger partial charge in [0.15, 0.2) is 5.75 Å². The van der Waals surface area contributed by atoms with Crippen LogP contribution in [-0.2, 0) is 11.8 Å². The summed E-state index contributed by atoms with van der Waals surface area (Å²) in [5.74, 6) is 2.27. The van der Waals surface area contributed by atoms with Gasteiger partial charge in [0.1, 0.15) is 23.2 Å². The number of likely N-dealkylation sites (tertiary alicyclic amines) is 1. The summed E-state index contributed by atoms with van der Waals surface area (Å²) < 4.78 is 13.2. The maximum atomic E-state index is 13.2. The lowest BCUT2D eigenvalue weighted by molar-refractivity contribution is -0.137. The van der Waals surface area contributed by atoms with Crippen LogP contribution in [0.5, 0.6) is 11.5 Å². The average molecular weight is 542 g/mol. The summed E-state index contributed by atoms with van der Waals surface area (Å²) in [6.07, 6.45) is 10.4. The molecular formula is C31H35N5O4. The molecule has 1 aromatic carbocycles. The number of nitriles is 1. The van der Waals surface area contributed by atoms with Gasteiger partial charge in [-0.3, -0.25) is 9.59 Å². The summed E-state index contributed by atoms with van der Waals surface area (Å²) in [6.45, 7) is 1.61. The minimum absolute atomic E-state index is 0.207. The number of carbonyl (C=O) groups excluding carboxylic acids is 2. The molecule has 3 fully saturated rings. The van der Waals surface area contributed by atoms with Crippen molar-refractivity contribution >= 4 is 28.5 Å². The average Bonchev–Trinajstić information content (AvgIpc) is 3.68.